The third-order valence-electron chi connectivity index (χ3n) is 6.20. The third kappa shape index (κ3) is 4.94. The van der Waals surface area contributed by atoms with Gasteiger partial charge in [0.05, 0.1) is 16.7 Å². The van der Waals surface area contributed by atoms with E-state index >= 15 is 0 Å². The maximum absolute atomic E-state index is 14.0. The van der Waals surface area contributed by atoms with Crippen molar-refractivity contribution >= 4 is 52.2 Å². The molecule has 0 amide bonds. The molecule has 1 aromatic heterocycles. The second-order valence-corrected chi connectivity index (χ2v) is 8.43. The zero-order chi connectivity index (χ0) is 23.8. The number of hydrogen-bond donors (Lipinski definition) is 1. The van der Waals surface area contributed by atoms with Gasteiger partial charge in [-0.05, 0) is 48.4 Å². The summed E-state index contributed by atoms with van der Waals surface area (Å²) in [4.78, 5) is 16.0. The number of ether oxygens (including phenoxy) is 2. The van der Waals surface area contributed by atoms with Gasteiger partial charge in [-0.1, -0.05) is 19.1 Å². The number of anilines is 1. The number of carbonyl (C=O) groups is 1. The molecule has 35 heavy (non-hydrogen) atoms. The van der Waals surface area contributed by atoms with Gasteiger partial charge in [-0.15, -0.1) is 0 Å². The summed E-state index contributed by atoms with van der Waals surface area (Å²) in [5.41, 5.74) is 6.56. The third-order valence-corrected chi connectivity index (χ3v) is 6.20. The van der Waals surface area contributed by atoms with Crippen molar-refractivity contribution in [3.8, 4) is 11.4 Å². The zero-order valence-corrected chi connectivity index (χ0v) is 19.4. The zero-order valence-electron chi connectivity index (χ0n) is 19.4. The Kier molecular flexibility index (Phi) is 7.50. The van der Waals surface area contributed by atoms with E-state index in [4.69, 9.17) is 14.5 Å². The molecule has 0 bridgehead atoms. The molecule has 0 unspecified atom stereocenters. The predicted octanol–water partition coefficient (Wildman–Crippen LogP) is 5.00. The molecule has 1 N–H and O–H groups in total. The Labute approximate surface area is 225 Å². The van der Waals surface area contributed by atoms with Gasteiger partial charge in [-0.2, -0.15) is 0 Å². The van der Waals surface area contributed by atoms with Crippen LogP contribution in [0.3, 0.4) is 0 Å². The molecule has 176 valence electrons. The number of aromatic nitrogens is 2. The van der Waals surface area contributed by atoms with Crippen LogP contribution in [0.2, 0.25) is 0 Å². The normalized spacial score (nSPS) is 14.2. The second-order valence-electron chi connectivity index (χ2n) is 8.43. The van der Waals surface area contributed by atoms with Crippen LogP contribution in [-0.2, 0) is 22.5 Å². The summed E-state index contributed by atoms with van der Waals surface area (Å²) < 4.78 is 27.1. The molecular formula is C27H27FN3NaO3. The summed E-state index contributed by atoms with van der Waals surface area (Å²) in [6.45, 7) is 6.47. The fraction of sp³-hybridized carbons (Fsp3) is 0.259. The minimum atomic E-state index is -0.358. The van der Waals surface area contributed by atoms with E-state index in [9.17, 15) is 9.18 Å². The number of fused-ring (bicyclic) bond motifs is 2. The first-order chi connectivity index (χ1) is 16.4. The summed E-state index contributed by atoms with van der Waals surface area (Å²) in [5, 5.41) is 3.46. The van der Waals surface area contributed by atoms with Gasteiger partial charge in [-0.3, -0.25) is 9.36 Å². The van der Waals surface area contributed by atoms with Gasteiger partial charge in [-0.25, -0.2) is 9.37 Å². The maximum atomic E-state index is 14.0. The average Bonchev–Trinajstić information content (AvgIpc) is 3.38. The van der Waals surface area contributed by atoms with Crippen LogP contribution >= 0.6 is 0 Å². The monoisotopic (exact) mass is 483 g/mol. The minimum absolute atomic E-state index is 0. The number of nitrogens with one attached hydrogen (secondary N) is 1. The van der Waals surface area contributed by atoms with Gasteiger partial charge in [0.2, 0.25) is 0 Å². The molecule has 0 spiro atoms. The summed E-state index contributed by atoms with van der Waals surface area (Å²) >= 11 is 0. The van der Waals surface area contributed by atoms with Crippen molar-refractivity contribution in [3.63, 3.8) is 0 Å². The van der Waals surface area contributed by atoms with Gasteiger partial charge >= 0.3 is 35.5 Å². The topological polar surface area (TPSA) is 65.4 Å². The summed E-state index contributed by atoms with van der Waals surface area (Å²) in [7, 11) is 0. The number of benzene rings is 3. The number of halogens is 1. The number of aryl methyl sites for hydroxylation is 1. The van der Waals surface area contributed by atoms with Crippen LogP contribution in [-0.4, -0.2) is 51.7 Å². The Morgan fingerprint density at radius 3 is 2.83 bits per heavy atom. The molecule has 4 aromatic rings. The molecule has 0 saturated heterocycles. The van der Waals surface area contributed by atoms with Crippen LogP contribution in [0.1, 0.15) is 42.5 Å². The molecule has 8 heteroatoms. The molecule has 2 heterocycles. The van der Waals surface area contributed by atoms with Gasteiger partial charge in [0.1, 0.15) is 24.0 Å². The molecule has 0 radical (unpaired) electrons. The van der Waals surface area contributed by atoms with E-state index in [0.717, 1.165) is 57.1 Å². The van der Waals surface area contributed by atoms with Crippen molar-refractivity contribution in [1.29, 1.82) is 0 Å². The molecule has 0 fully saturated rings. The summed E-state index contributed by atoms with van der Waals surface area (Å²) in [6, 6.07) is 16.7. The fourth-order valence-electron chi connectivity index (χ4n) is 4.49. The molecule has 0 saturated carbocycles. The molecule has 1 atom stereocenters. The standard InChI is InChI=1S/C27H26FN3O3.Na.H/c1-4-27-30-22-11-8-19(28)12-24(22)31(27)23-7-5-6-18(16(23)2)14-29-20-9-10-21-25(13-20)33-15-26(21)34-17(3)32;;/h5-13,26,29H,4,14-15H2,1-3H3;;/t26-;;/m1../s1. The fourth-order valence-corrected chi connectivity index (χ4v) is 4.49. The van der Waals surface area contributed by atoms with E-state index in [2.05, 4.69) is 29.8 Å². The SMILES string of the molecule is CCc1nc2ccc(F)cc2n1-c1cccc(CNc2ccc3c(c2)OC[C@H]3OC(C)=O)c1C.[NaH]. The van der Waals surface area contributed by atoms with Crippen LogP contribution in [0.4, 0.5) is 10.1 Å². The van der Waals surface area contributed by atoms with Crippen molar-refractivity contribution in [2.24, 2.45) is 0 Å². The van der Waals surface area contributed by atoms with Crippen molar-refractivity contribution in [2.75, 3.05) is 11.9 Å². The number of nitrogens with zero attached hydrogens (tertiary/aromatic N) is 2. The second kappa shape index (κ2) is 10.4. The number of hydrogen-bond acceptors (Lipinski definition) is 5. The van der Waals surface area contributed by atoms with Crippen LogP contribution in [0, 0.1) is 12.7 Å². The number of carbonyl (C=O) groups excluding carboxylic acids is 1. The van der Waals surface area contributed by atoms with Crippen LogP contribution in [0.25, 0.3) is 16.7 Å². The Morgan fingerprint density at radius 1 is 1.23 bits per heavy atom. The van der Waals surface area contributed by atoms with Gasteiger partial charge in [0.25, 0.3) is 0 Å². The van der Waals surface area contributed by atoms with Gasteiger partial charge in [0, 0.05) is 43.3 Å². The van der Waals surface area contributed by atoms with E-state index in [1.165, 1.54) is 13.0 Å². The van der Waals surface area contributed by atoms with Crippen molar-refractivity contribution < 1.29 is 18.7 Å². The van der Waals surface area contributed by atoms with Crippen LogP contribution < -0.4 is 10.1 Å². The number of imidazole rings is 1. The van der Waals surface area contributed by atoms with Gasteiger partial charge in [0.15, 0.2) is 6.10 Å². The van der Waals surface area contributed by atoms with E-state index < -0.39 is 0 Å². The number of rotatable bonds is 6. The van der Waals surface area contributed by atoms with Gasteiger partial charge < -0.3 is 14.8 Å². The number of esters is 1. The molecule has 0 aliphatic carbocycles. The van der Waals surface area contributed by atoms with Crippen molar-refractivity contribution in [3.05, 3.63) is 82.9 Å². The Balaban J connectivity index is 0.00000289. The first-order valence-corrected chi connectivity index (χ1v) is 11.4. The molecule has 1 aliphatic rings. The molecule has 1 aliphatic heterocycles. The van der Waals surface area contributed by atoms with E-state index in [1.807, 2.05) is 30.3 Å². The Bertz CT molecular complexity index is 1400. The predicted molar refractivity (Wildman–Crippen MR) is 136 cm³/mol. The Hall–Kier alpha value is -2.87. The van der Waals surface area contributed by atoms with Crippen LogP contribution in [0.15, 0.2) is 54.6 Å². The molecular weight excluding hydrogens is 456 g/mol. The average molecular weight is 484 g/mol. The van der Waals surface area contributed by atoms with E-state index in [-0.39, 0.29) is 47.4 Å². The first-order valence-electron chi connectivity index (χ1n) is 11.4. The Morgan fingerprint density at radius 2 is 2.06 bits per heavy atom. The quantitative estimate of drug-likeness (QED) is 0.309. The summed E-state index contributed by atoms with van der Waals surface area (Å²) in [5.74, 6) is 1.02. The molecule has 6 nitrogen and oxygen atoms in total. The first kappa shape index (κ1) is 25.2. The van der Waals surface area contributed by atoms with E-state index in [1.54, 1.807) is 12.1 Å². The van der Waals surface area contributed by atoms with Crippen molar-refractivity contribution in [1.82, 2.24) is 9.55 Å². The molecule has 3 aromatic carbocycles. The molecule has 5 rings (SSSR count). The summed E-state index contributed by atoms with van der Waals surface area (Å²) in [6.07, 6.45) is 0.380. The van der Waals surface area contributed by atoms with E-state index in [0.29, 0.717) is 13.2 Å². The van der Waals surface area contributed by atoms with Crippen LogP contribution in [0.5, 0.6) is 5.75 Å². The van der Waals surface area contributed by atoms with Crippen molar-refractivity contribution in [2.45, 2.75) is 39.8 Å².